The molecule has 0 atom stereocenters. The summed E-state index contributed by atoms with van der Waals surface area (Å²) in [5, 5.41) is 14.0. The van der Waals surface area contributed by atoms with Crippen LogP contribution < -0.4 is 10.9 Å². The van der Waals surface area contributed by atoms with E-state index in [1.54, 1.807) is 18.5 Å². The maximum atomic E-state index is 11.3. The van der Waals surface area contributed by atoms with E-state index in [9.17, 15) is 4.79 Å². The molecule has 4 aromatic rings. The molecule has 0 spiro atoms. The number of fused-ring (bicyclic) bond motifs is 1. The minimum absolute atomic E-state index is 0.353. The van der Waals surface area contributed by atoms with Crippen molar-refractivity contribution in [3.8, 4) is 10.6 Å². The van der Waals surface area contributed by atoms with Gasteiger partial charge in [0.15, 0.2) is 0 Å². The molecule has 0 aliphatic carbocycles. The van der Waals surface area contributed by atoms with E-state index in [2.05, 4.69) is 20.5 Å². The number of nitrogens with one attached hydrogen (secondary N) is 1. The lowest BCUT2D eigenvalue weighted by atomic mass is 10.1. The predicted octanol–water partition coefficient (Wildman–Crippen LogP) is 3.76. The number of hydrogen-bond donors (Lipinski definition) is 1. The number of nitrogens with zero attached hydrogens (tertiary/aromatic N) is 3. The maximum Gasteiger partial charge on any atom is 0.336 e. The van der Waals surface area contributed by atoms with E-state index in [4.69, 9.17) is 4.42 Å². The minimum atomic E-state index is -0.353. The largest absolute Gasteiger partial charge is 0.423 e. The maximum absolute atomic E-state index is 11.3. The molecule has 7 heteroatoms. The normalized spacial score (nSPS) is 10.9. The molecule has 0 radical (unpaired) electrons. The summed E-state index contributed by atoms with van der Waals surface area (Å²) in [4.78, 5) is 15.3. The Labute approximate surface area is 140 Å². The first-order valence-electron chi connectivity index (χ1n) is 7.24. The molecule has 0 aliphatic rings. The Morgan fingerprint density at radius 1 is 1.08 bits per heavy atom. The summed E-state index contributed by atoms with van der Waals surface area (Å²) in [6, 6.07) is 10.7. The van der Waals surface area contributed by atoms with Crippen LogP contribution in [0, 0.1) is 6.92 Å². The molecule has 4 rings (SSSR count). The molecule has 118 valence electrons. The van der Waals surface area contributed by atoms with Crippen LogP contribution in [-0.4, -0.2) is 15.2 Å². The topological polar surface area (TPSA) is 80.9 Å². The number of anilines is 2. The number of aromatic nitrogens is 3. The average Bonchev–Trinajstić information content (AvgIpc) is 3.05. The predicted molar refractivity (Wildman–Crippen MR) is 93.6 cm³/mol. The van der Waals surface area contributed by atoms with Gasteiger partial charge in [-0.2, -0.15) is 0 Å². The summed E-state index contributed by atoms with van der Waals surface area (Å²) < 4.78 is 5.20. The van der Waals surface area contributed by atoms with Crippen LogP contribution in [-0.2, 0) is 0 Å². The lowest BCUT2D eigenvalue weighted by Gasteiger charge is -2.07. The molecule has 1 N–H and O–H groups in total. The molecule has 0 bridgehead atoms. The minimum Gasteiger partial charge on any atom is -0.423 e. The Bertz CT molecular complexity index is 1070. The third-order valence-electron chi connectivity index (χ3n) is 3.56. The van der Waals surface area contributed by atoms with Gasteiger partial charge in [0.1, 0.15) is 10.6 Å². The first-order valence-corrected chi connectivity index (χ1v) is 8.06. The van der Waals surface area contributed by atoms with E-state index in [1.165, 1.54) is 17.4 Å². The summed E-state index contributed by atoms with van der Waals surface area (Å²) in [6.07, 6.45) is 3.45. The molecular formula is C17H12N4O2S. The van der Waals surface area contributed by atoms with E-state index < -0.39 is 0 Å². The van der Waals surface area contributed by atoms with Gasteiger partial charge in [-0.25, -0.2) is 4.79 Å². The van der Waals surface area contributed by atoms with Crippen molar-refractivity contribution >= 4 is 33.1 Å². The lowest BCUT2D eigenvalue weighted by molar-refractivity contribution is 0.561. The zero-order chi connectivity index (χ0) is 16.5. The second-order valence-corrected chi connectivity index (χ2v) is 6.21. The van der Waals surface area contributed by atoms with Crippen LogP contribution >= 0.6 is 11.3 Å². The van der Waals surface area contributed by atoms with Crippen LogP contribution in [0.2, 0.25) is 0 Å². The van der Waals surface area contributed by atoms with Crippen molar-refractivity contribution in [1.82, 2.24) is 15.2 Å². The van der Waals surface area contributed by atoms with Crippen molar-refractivity contribution in [1.29, 1.82) is 0 Å². The van der Waals surface area contributed by atoms with Crippen molar-refractivity contribution in [3.05, 3.63) is 64.8 Å². The highest BCUT2D eigenvalue weighted by Gasteiger charge is 2.09. The van der Waals surface area contributed by atoms with Crippen molar-refractivity contribution in [2.75, 3.05) is 5.32 Å². The van der Waals surface area contributed by atoms with Crippen molar-refractivity contribution in [3.63, 3.8) is 0 Å². The van der Waals surface area contributed by atoms with Gasteiger partial charge in [-0.05, 0) is 42.8 Å². The van der Waals surface area contributed by atoms with Gasteiger partial charge < -0.3 is 9.73 Å². The van der Waals surface area contributed by atoms with Crippen LogP contribution in [0.1, 0.15) is 5.56 Å². The third kappa shape index (κ3) is 2.77. The summed E-state index contributed by atoms with van der Waals surface area (Å²) >= 11 is 1.46. The van der Waals surface area contributed by atoms with Crippen LogP contribution in [0.4, 0.5) is 10.8 Å². The fraction of sp³-hybridized carbons (Fsp3) is 0.0588. The van der Waals surface area contributed by atoms with E-state index >= 15 is 0 Å². The highest BCUT2D eigenvalue weighted by molar-refractivity contribution is 7.18. The van der Waals surface area contributed by atoms with E-state index in [-0.39, 0.29) is 5.63 Å². The Kier molecular flexibility index (Phi) is 3.55. The quantitative estimate of drug-likeness (QED) is 0.574. The number of benzene rings is 1. The molecule has 0 saturated carbocycles. The van der Waals surface area contributed by atoms with Crippen molar-refractivity contribution in [2.45, 2.75) is 6.92 Å². The van der Waals surface area contributed by atoms with Crippen molar-refractivity contribution < 1.29 is 4.42 Å². The van der Waals surface area contributed by atoms with E-state index in [0.29, 0.717) is 10.7 Å². The SMILES string of the molecule is Cc1cc2oc(=O)ccc2cc1Nc1nnc(-c2ccncc2)s1. The molecule has 24 heavy (non-hydrogen) atoms. The van der Waals surface area contributed by atoms with Gasteiger partial charge in [-0.3, -0.25) is 4.98 Å². The standard InChI is InChI=1S/C17H12N4O2S/c1-10-8-14-12(2-3-15(22)23-14)9-13(10)19-17-21-20-16(24-17)11-4-6-18-7-5-11/h2-9H,1H3,(H,19,21). The molecule has 0 unspecified atom stereocenters. The zero-order valence-corrected chi connectivity index (χ0v) is 13.5. The Morgan fingerprint density at radius 2 is 1.92 bits per heavy atom. The Balaban J connectivity index is 1.67. The molecule has 0 amide bonds. The van der Waals surface area contributed by atoms with Gasteiger partial charge in [0.25, 0.3) is 0 Å². The summed E-state index contributed by atoms with van der Waals surface area (Å²) in [5.41, 5.74) is 3.05. The summed E-state index contributed by atoms with van der Waals surface area (Å²) in [7, 11) is 0. The van der Waals surface area contributed by atoms with Crippen molar-refractivity contribution in [2.24, 2.45) is 0 Å². The van der Waals surface area contributed by atoms with E-state index in [0.717, 1.165) is 27.2 Å². The van der Waals surface area contributed by atoms with Gasteiger partial charge in [0.2, 0.25) is 5.13 Å². The third-order valence-corrected chi connectivity index (χ3v) is 4.45. The highest BCUT2D eigenvalue weighted by atomic mass is 32.1. The second kappa shape index (κ2) is 5.86. The number of aryl methyl sites for hydroxylation is 1. The molecule has 6 nitrogen and oxygen atoms in total. The van der Waals surface area contributed by atoms with Crippen LogP contribution in [0.5, 0.6) is 0 Å². The summed E-state index contributed by atoms with van der Waals surface area (Å²) in [6.45, 7) is 1.94. The smallest absolute Gasteiger partial charge is 0.336 e. The molecule has 0 fully saturated rings. The van der Waals surface area contributed by atoms with Gasteiger partial charge in [0.05, 0.1) is 0 Å². The Morgan fingerprint density at radius 3 is 2.75 bits per heavy atom. The summed E-state index contributed by atoms with van der Waals surface area (Å²) in [5.74, 6) is 0. The first kappa shape index (κ1) is 14.5. The number of rotatable bonds is 3. The van der Waals surface area contributed by atoms with Gasteiger partial charge in [0, 0.05) is 35.1 Å². The molecule has 3 heterocycles. The van der Waals surface area contributed by atoms with Crippen LogP contribution in [0.3, 0.4) is 0 Å². The van der Waals surface area contributed by atoms with Crippen LogP contribution in [0.25, 0.3) is 21.5 Å². The number of pyridine rings is 1. The lowest BCUT2D eigenvalue weighted by Crippen LogP contribution is -1.97. The number of hydrogen-bond acceptors (Lipinski definition) is 7. The second-order valence-electron chi connectivity index (χ2n) is 5.23. The van der Waals surface area contributed by atoms with E-state index in [1.807, 2.05) is 31.2 Å². The fourth-order valence-electron chi connectivity index (χ4n) is 2.35. The monoisotopic (exact) mass is 336 g/mol. The zero-order valence-electron chi connectivity index (χ0n) is 12.7. The van der Waals surface area contributed by atoms with Crippen LogP contribution in [0.15, 0.2) is 58.0 Å². The van der Waals surface area contributed by atoms with Gasteiger partial charge in [-0.1, -0.05) is 11.3 Å². The molecule has 0 aliphatic heterocycles. The highest BCUT2D eigenvalue weighted by Crippen LogP contribution is 2.30. The van der Waals surface area contributed by atoms with Gasteiger partial charge in [-0.15, -0.1) is 10.2 Å². The first-order chi connectivity index (χ1) is 11.7. The average molecular weight is 336 g/mol. The Hall–Kier alpha value is -3.06. The van der Waals surface area contributed by atoms with Gasteiger partial charge >= 0.3 is 5.63 Å². The molecule has 0 saturated heterocycles. The molecule has 3 aromatic heterocycles. The molecular weight excluding hydrogens is 324 g/mol. The fourth-order valence-corrected chi connectivity index (χ4v) is 3.11. The molecule has 1 aromatic carbocycles.